The lowest BCUT2D eigenvalue weighted by Crippen LogP contribution is -2.59. The number of hydrogen-bond acceptors (Lipinski definition) is 3. The predicted octanol–water partition coefficient (Wildman–Crippen LogP) is 2.99. The van der Waals surface area contributed by atoms with Crippen molar-refractivity contribution >= 4 is 11.9 Å². The summed E-state index contributed by atoms with van der Waals surface area (Å²) in [7, 11) is 0. The zero-order chi connectivity index (χ0) is 16.4. The van der Waals surface area contributed by atoms with E-state index in [0.29, 0.717) is 11.3 Å². The van der Waals surface area contributed by atoms with Crippen molar-refractivity contribution in [2.45, 2.75) is 19.4 Å². The third-order valence-electron chi connectivity index (χ3n) is 4.40. The Morgan fingerprint density at radius 3 is 2.61 bits per heavy atom. The maximum atomic E-state index is 12.6. The van der Waals surface area contributed by atoms with Crippen LogP contribution in [-0.4, -0.2) is 17.4 Å². The van der Waals surface area contributed by atoms with Crippen LogP contribution in [0.2, 0.25) is 0 Å². The highest BCUT2D eigenvalue weighted by atomic mass is 16.5. The molecule has 3 rings (SSSR count). The Labute approximate surface area is 135 Å². The Bertz CT molecular complexity index is 715. The third-order valence-corrected chi connectivity index (χ3v) is 4.40. The van der Waals surface area contributed by atoms with Gasteiger partial charge in [0.1, 0.15) is 5.76 Å². The van der Waals surface area contributed by atoms with Crippen LogP contribution in [-0.2, 0) is 9.53 Å². The largest absolute Gasteiger partial charge is 0.429 e. The van der Waals surface area contributed by atoms with Gasteiger partial charge in [0, 0.05) is 5.56 Å². The molecule has 0 bridgehead atoms. The summed E-state index contributed by atoms with van der Waals surface area (Å²) >= 11 is 0. The summed E-state index contributed by atoms with van der Waals surface area (Å²) in [6.07, 6.45) is 9.27. The minimum atomic E-state index is -1.10. The minimum absolute atomic E-state index is 0.124. The SMILES string of the molecule is CC(C)[C@@]1(NC(=O)c2ccccc2)C(=O)OC2=CC=CC=C[C@H]21. The lowest BCUT2D eigenvalue weighted by Gasteiger charge is -2.34. The Hall–Kier alpha value is -2.62. The first kappa shape index (κ1) is 15.3. The molecule has 1 aromatic rings. The summed E-state index contributed by atoms with van der Waals surface area (Å²) in [5, 5.41) is 2.95. The Kier molecular flexibility index (Phi) is 3.90. The maximum Gasteiger partial charge on any atom is 0.338 e. The van der Waals surface area contributed by atoms with Crippen LogP contribution >= 0.6 is 0 Å². The van der Waals surface area contributed by atoms with Gasteiger partial charge in [0.15, 0.2) is 5.54 Å². The van der Waals surface area contributed by atoms with Gasteiger partial charge in [-0.3, -0.25) is 4.79 Å². The van der Waals surface area contributed by atoms with Crippen molar-refractivity contribution in [3.05, 3.63) is 72.0 Å². The zero-order valence-corrected chi connectivity index (χ0v) is 13.2. The fourth-order valence-corrected chi connectivity index (χ4v) is 3.10. The van der Waals surface area contributed by atoms with E-state index in [1.54, 1.807) is 30.3 Å². The molecule has 0 saturated carbocycles. The molecule has 1 fully saturated rings. The lowest BCUT2D eigenvalue weighted by atomic mass is 9.75. The summed E-state index contributed by atoms with van der Waals surface area (Å²) in [5.74, 6) is -0.544. The molecule has 1 aliphatic carbocycles. The normalized spacial score (nSPS) is 25.6. The number of rotatable bonds is 3. The monoisotopic (exact) mass is 309 g/mol. The first-order valence-electron chi connectivity index (χ1n) is 7.70. The average molecular weight is 309 g/mol. The fraction of sp³-hybridized carbons (Fsp3) is 0.263. The van der Waals surface area contributed by atoms with Crippen LogP contribution in [0.4, 0.5) is 0 Å². The Balaban J connectivity index is 2.00. The van der Waals surface area contributed by atoms with E-state index in [9.17, 15) is 9.59 Å². The average Bonchev–Trinajstić information content (AvgIpc) is 2.69. The summed E-state index contributed by atoms with van der Waals surface area (Å²) in [4.78, 5) is 25.3. The van der Waals surface area contributed by atoms with Gasteiger partial charge in [-0.15, -0.1) is 0 Å². The second-order valence-corrected chi connectivity index (χ2v) is 6.05. The van der Waals surface area contributed by atoms with Crippen LogP contribution in [0.3, 0.4) is 0 Å². The van der Waals surface area contributed by atoms with Crippen LogP contribution in [0.25, 0.3) is 0 Å². The molecule has 1 amide bonds. The van der Waals surface area contributed by atoms with Gasteiger partial charge in [-0.1, -0.05) is 56.4 Å². The van der Waals surface area contributed by atoms with Crippen molar-refractivity contribution in [3.63, 3.8) is 0 Å². The van der Waals surface area contributed by atoms with Crippen molar-refractivity contribution in [2.75, 3.05) is 0 Å². The van der Waals surface area contributed by atoms with E-state index in [-0.39, 0.29) is 17.7 Å². The fourth-order valence-electron chi connectivity index (χ4n) is 3.10. The maximum absolute atomic E-state index is 12.6. The zero-order valence-electron chi connectivity index (χ0n) is 13.2. The summed E-state index contributed by atoms with van der Waals surface area (Å²) < 4.78 is 5.46. The van der Waals surface area contributed by atoms with Crippen molar-refractivity contribution in [3.8, 4) is 0 Å². The number of nitrogens with one attached hydrogen (secondary N) is 1. The van der Waals surface area contributed by atoms with Gasteiger partial charge >= 0.3 is 5.97 Å². The summed E-state index contributed by atoms with van der Waals surface area (Å²) in [6.45, 7) is 3.84. The number of carbonyl (C=O) groups is 2. The molecule has 0 aromatic heterocycles. The molecule has 0 unspecified atom stereocenters. The van der Waals surface area contributed by atoms with E-state index in [4.69, 9.17) is 4.74 Å². The molecule has 2 aliphatic rings. The molecule has 2 atom stereocenters. The standard InChI is InChI=1S/C19H19NO3/c1-13(2)19(20-17(21)14-9-5-3-6-10-14)15-11-7-4-8-12-16(15)23-18(19)22/h3-13,15H,1-2H3,(H,20,21)/t15-,19+/m1/s1. The molecule has 4 nitrogen and oxygen atoms in total. The number of amides is 1. The molecule has 0 radical (unpaired) electrons. The van der Waals surface area contributed by atoms with Gasteiger partial charge in [-0.05, 0) is 24.1 Å². The third kappa shape index (κ3) is 2.50. The minimum Gasteiger partial charge on any atom is -0.429 e. The molecule has 118 valence electrons. The number of hydrogen-bond donors (Lipinski definition) is 1. The van der Waals surface area contributed by atoms with Gasteiger partial charge in [-0.25, -0.2) is 4.79 Å². The molecular weight excluding hydrogens is 290 g/mol. The number of benzene rings is 1. The summed E-state index contributed by atoms with van der Waals surface area (Å²) in [6, 6.07) is 8.89. The Morgan fingerprint density at radius 2 is 1.91 bits per heavy atom. The first-order chi connectivity index (χ1) is 11.1. The van der Waals surface area contributed by atoms with E-state index in [1.807, 2.05) is 44.2 Å². The van der Waals surface area contributed by atoms with Gasteiger partial charge in [0.2, 0.25) is 0 Å². The molecule has 4 heteroatoms. The molecule has 1 aromatic carbocycles. The number of esters is 1. The van der Waals surface area contributed by atoms with Crippen molar-refractivity contribution in [1.29, 1.82) is 0 Å². The highest BCUT2D eigenvalue weighted by Crippen LogP contribution is 2.42. The van der Waals surface area contributed by atoms with Crippen molar-refractivity contribution < 1.29 is 14.3 Å². The molecular formula is C19H19NO3. The molecule has 0 spiro atoms. The molecule has 1 heterocycles. The van der Waals surface area contributed by atoms with E-state index in [1.165, 1.54) is 0 Å². The smallest absolute Gasteiger partial charge is 0.338 e. The predicted molar refractivity (Wildman–Crippen MR) is 87.4 cm³/mol. The first-order valence-corrected chi connectivity index (χ1v) is 7.70. The van der Waals surface area contributed by atoms with E-state index in [2.05, 4.69) is 5.32 Å². The van der Waals surface area contributed by atoms with E-state index < -0.39 is 11.5 Å². The Morgan fingerprint density at radius 1 is 1.17 bits per heavy atom. The van der Waals surface area contributed by atoms with Crippen LogP contribution in [0, 0.1) is 11.8 Å². The summed E-state index contributed by atoms with van der Waals surface area (Å²) in [5.41, 5.74) is -0.574. The second-order valence-electron chi connectivity index (χ2n) is 6.05. The highest BCUT2D eigenvalue weighted by molar-refractivity contribution is 5.99. The number of carbonyl (C=O) groups excluding carboxylic acids is 2. The van der Waals surface area contributed by atoms with Crippen molar-refractivity contribution in [2.24, 2.45) is 11.8 Å². The highest BCUT2D eigenvalue weighted by Gasteiger charge is 2.57. The van der Waals surface area contributed by atoms with Crippen molar-refractivity contribution in [1.82, 2.24) is 5.32 Å². The van der Waals surface area contributed by atoms with Crippen LogP contribution in [0.1, 0.15) is 24.2 Å². The number of ether oxygens (including phenoxy) is 1. The van der Waals surface area contributed by atoms with Crippen LogP contribution < -0.4 is 5.32 Å². The van der Waals surface area contributed by atoms with E-state index in [0.717, 1.165) is 0 Å². The molecule has 1 saturated heterocycles. The lowest BCUT2D eigenvalue weighted by molar-refractivity contribution is -0.142. The molecule has 1 aliphatic heterocycles. The van der Waals surface area contributed by atoms with Gasteiger partial charge in [0.05, 0.1) is 5.92 Å². The number of fused-ring (bicyclic) bond motifs is 1. The van der Waals surface area contributed by atoms with Gasteiger partial charge < -0.3 is 10.1 Å². The van der Waals surface area contributed by atoms with Gasteiger partial charge in [0.25, 0.3) is 5.91 Å². The number of allylic oxidation sites excluding steroid dienone is 4. The van der Waals surface area contributed by atoms with Gasteiger partial charge in [-0.2, -0.15) is 0 Å². The van der Waals surface area contributed by atoms with Crippen LogP contribution in [0.5, 0.6) is 0 Å². The molecule has 23 heavy (non-hydrogen) atoms. The topological polar surface area (TPSA) is 55.4 Å². The molecule has 1 N–H and O–H groups in total. The van der Waals surface area contributed by atoms with Crippen LogP contribution in [0.15, 0.2) is 66.5 Å². The second kappa shape index (κ2) is 5.88. The quantitative estimate of drug-likeness (QED) is 0.873. The van der Waals surface area contributed by atoms with E-state index >= 15 is 0 Å².